The van der Waals surface area contributed by atoms with Crippen molar-refractivity contribution < 1.29 is 37.0 Å². The van der Waals surface area contributed by atoms with Crippen LogP contribution in [-0.2, 0) is 38.2 Å². The Balaban J connectivity index is 1.85. The minimum atomic E-state index is -4.48. The van der Waals surface area contributed by atoms with E-state index in [1.165, 1.54) is 11.0 Å². The molecule has 1 aromatic rings. The molecule has 1 aliphatic carbocycles. The maximum absolute atomic E-state index is 14.0. The second kappa shape index (κ2) is 10.3. The molecule has 3 rings (SSSR count). The van der Waals surface area contributed by atoms with E-state index >= 15 is 0 Å². The van der Waals surface area contributed by atoms with Gasteiger partial charge in [-0.3, -0.25) is 9.59 Å². The quantitative estimate of drug-likeness (QED) is 0.570. The number of alkyl carbamates (subject to hydrolysis) is 1. The second-order valence-electron chi connectivity index (χ2n) is 10.7. The number of hydrogen-bond donors (Lipinski definition) is 1. The summed E-state index contributed by atoms with van der Waals surface area (Å²) in [5.74, 6) is -1.61. The lowest BCUT2D eigenvalue weighted by atomic mass is 9.72. The lowest BCUT2D eigenvalue weighted by molar-refractivity contribution is -0.161. The smallest absolute Gasteiger partial charge is 0.416 e. The van der Waals surface area contributed by atoms with Crippen LogP contribution in [0.15, 0.2) is 18.2 Å². The lowest BCUT2D eigenvalue weighted by Crippen LogP contribution is -2.51. The van der Waals surface area contributed by atoms with Gasteiger partial charge in [0.15, 0.2) is 0 Å². The van der Waals surface area contributed by atoms with E-state index in [0.29, 0.717) is 31.4 Å². The molecule has 0 radical (unpaired) electrons. The second-order valence-corrected chi connectivity index (χ2v) is 10.7. The SMILES string of the molecule is CCOC(=O)C(C)[C@]1(C(=O)N2CCc3ccc(C(F)(F)F)cc3C2)CC[C@@H](NC(=O)OC(C)(C)C)C1. The molecule has 7 nitrogen and oxygen atoms in total. The van der Waals surface area contributed by atoms with Crippen LogP contribution >= 0.6 is 0 Å². The van der Waals surface area contributed by atoms with Crippen molar-refractivity contribution in [2.45, 2.75) is 84.7 Å². The highest BCUT2D eigenvalue weighted by molar-refractivity contribution is 5.89. The predicted octanol–water partition coefficient (Wildman–Crippen LogP) is 4.85. The Morgan fingerprint density at radius 2 is 1.89 bits per heavy atom. The van der Waals surface area contributed by atoms with Gasteiger partial charge in [0.05, 0.1) is 23.5 Å². The van der Waals surface area contributed by atoms with Gasteiger partial charge in [-0.15, -0.1) is 0 Å². The summed E-state index contributed by atoms with van der Waals surface area (Å²) in [7, 11) is 0. The molecule has 2 aliphatic rings. The molecule has 1 saturated carbocycles. The third-order valence-electron chi connectivity index (χ3n) is 7.00. The molecular weight excluding hydrogens is 477 g/mol. The van der Waals surface area contributed by atoms with E-state index in [1.54, 1.807) is 34.6 Å². The summed E-state index contributed by atoms with van der Waals surface area (Å²) in [6.07, 6.45) is -3.67. The molecule has 1 fully saturated rings. The molecule has 1 aliphatic heterocycles. The minimum Gasteiger partial charge on any atom is -0.466 e. The molecular formula is C26H35F3N2O5. The van der Waals surface area contributed by atoms with Gasteiger partial charge in [-0.05, 0) is 76.6 Å². The largest absolute Gasteiger partial charge is 0.466 e. The highest BCUT2D eigenvalue weighted by Gasteiger charge is 2.54. The van der Waals surface area contributed by atoms with Crippen LogP contribution in [0, 0.1) is 11.3 Å². The van der Waals surface area contributed by atoms with Gasteiger partial charge in [0.1, 0.15) is 5.60 Å². The molecule has 200 valence electrons. The van der Waals surface area contributed by atoms with Gasteiger partial charge in [0.2, 0.25) is 5.91 Å². The van der Waals surface area contributed by atoms with Crippen LogP contribution in [0.3, 0.4) is 0 Å². The van der Waals surface area contributed by atoms with E-state index in [-0.39, 0.29) is 25.5 Å². The number of benzene rings is 1. The van der Waals surface area contributed by atoms with Gasteiger partial charge in [-0.1, -0.05) is 13.0 Å². The Morgan fingerprint density at radius 1 is 1.19 bits per heavy atom. The third-order valence-corrected chi connectivity index (χ3v) is 7.00. The van der Waals surface area contributed by atoms with Crippen LogP contribution < -0.4 is 5.32 Å². The Hall–Kier alpha value is -2.78. The molecule has 0 bridgehead atoms. The van der Waals surface area contributed by atoms with Gasteiger partial charge < -0.3 is 19.7 Å². The first kappa shape index (κ1) is 27.8. The topological polar surface area (TPSA) is 84.9 Å². The van der Waals surface area contributed by atoms with E-state index in [9.17, 15) is 27.6 Å². The number of carbonyl (C=O) groups is 3. The molecule has 1 N–H and O–H groups in total. The Labute approximate surface area is 209 Å². The number of hydrogen-bond acceptors (Lipinski definition) is 5. The maximum Gasteiger partial charge on any atom is 0.416 e. The summed E-state index contributed by atoms with van der Waals surface area (Å²) in [4.78, 5) is 40.6. The van der Waals surface area contributed by atoms with E-state index < -0.39 is 46.8 Å². The van der Waals surface area contributed by atoms with E-state index in [1.807, 2.05) is 0 Å². The van der Waals surface area contributed by atoms with Gasteiger partial charge in [0.25, 0.3) is 0 Å². The van der Waals surface area contributed by atoms with Gasteiger partial charge in [0, 0.05) is 19.1 Å². The first-order valence-electron chi connectivity index (χ1n) is 12.3. The first-order chi connectivity index (χ1) is 16.7. The minimum absolute atomic E-state index is 0.0273. The van der Waals surface area contributed by atoms with Crippen LogP contribution in [0.1, 0.15) is 70.6 Å². The van der Waals surface area contributed by atoms with Crippen LogP contribution in [0.2, 0.25) is 0 Å². The number of ether oxygens (including phenoxy) is 2. The number of alkyl halides is 3. The normalized spacial score (nSPS) is 23.0. The molecule has 2 amide bonds. The summed E-state index contributed by atoms with van der Waals surface area (Å²) < 4.78 is 50.3. The zero-order valence-corrected chi connectivity index (χ0v) is 21.5. The predicted molar refractivity (Wildman–Crippen MR) is 126 cm³/mol. The summed E-state index contributed by atoms with van der Waals surface area (Å²) in [6.45, 7) is 9.08. The van der Waals surface area contributed by atoms with Gasteiger partial charge in [-0.2, -0.15) is 13.2 Å². The molecule has 1 heterocycles. The van der Waals surface area contributed by atoms with Crippen molar-refractivity contribution in [3.05, 3.63) is 34.9 Å². The molecule has 1 unspecified atom stereocenters. The standard InChI is InChI=1S/C26H35F3N2O5/c1-6-35-21(32)16(2)25(11-9-20(14-25)30-23(34)36-24(3,4)5)22(33)31-12-10-17-7-8-19(26(27,28)29)13-18(17)15-31/h7-8,13,16,20H,6,9-12,14-15H2,1-5H3,(H,30,34)/t16?,20-,25+/m1/s1. The van der Waals surface area contributed by atoms with Crippen molar-refractivity contribution in [1.82, 2.24) is 10.2 Å². The average Bonchev–Trinajstić information content (AvgIpc) is 3.20. The highest BCUT2D eigenvalue weighted by Crippen LogP contribution is 2.47. The zero-order chi connectivity index (χ0) is 26.9. The molecule has 36 heavy (non-hydrogen) atoms. The number of rotatable bonds is 5. The molecule has 3 atom stereocenters. The first-order valence-corrected chi connectivity index (χ1v) is 12.3. The molecule has 0 aromatic heterocycles. The molecule has 1 aromatic carbocycles. The van der Waals surface area contributed by atoms with Crippen molar-refractivity contribution in [3.8, 4) is 0 Å². The van der Waals surface area contributed by atoms with Crippen molar-refractivity contribution >= 4 is 18.0 Å². The van der Waals surface area contributed by atoms with E-state index in [0.717, 1.165) is 17.7 Å². The van der Waals surface area contributed by atoms with Crippen molar-refractivity contribution in [1.29, 1.82) is 0 Å². The highest BCUT2D eigenvalue weighted by atomic mass is 19.4. The summed E-state index contributed by atoms with van der Waals surface area (Å²) >= 11 is 0. The monoisotopic (exact) mass is 512 g/mol. The van der Waals surface area contributed by atoms with Crippen molar-refractivity contribution in [2.24, 2.45) is 11.3 Å². The van der Waals surface area contributed by atoms with Crippen molar-refractivity contribution in [3.63, 3.8) is 0 Å². The maximum atomic E-state index is 14.0. The summed E-state index contributed by atoms with van der Waals surface area (Å²) in [5, 5.41) is 2.80. The fourth-order valence-electron chi connectivity index (χ4n) is 5.16. The molecule has 0 spiro atoms. The number of halogens is 3. The van der Waals surface area contributed by atoms with Gasteiger partial charge >= 0.3 is 18.2 Å². The number of fused-ring (bicyclic) bond motifs is 1. The number of carbonyl (C=O) groups excluding carboxylic acids is 3. The number of amides is 2. The van der Waals surface area contributed by atoms with Crippen LogP contribution in [0.5, 0.6) is 0 Å². The Morgan fingerprint density at radius 3 is 2.50 bits per heavy atom. The van der Waals surface area contributed by atoms with Crippen LogP contribution in [-0.4, -0.2) is 47.7 Å². The molecule has 0 saturated heterocycles. The van der Waals surface area contributed by atoms with Crippen LogP contribution in [0.25, 0.3) is 0 Å². The van der Waals surface area contributed by atoms with E-state index in [2.05, 4.69) is 5.32 Å². The third kappa shape index (κ3) is 6.13. The average molecular weight is 513 g/mol. The Kier molecular flexibility index (Phi) is 7.95. The van der Waals surface area contributed by atoms with Gasteiger partial charge in [-0.25, -0.2) is 4.79 Å². The summed E-state index contributed by atoms with van der Waals surface area (Å²) in [6, 6.07) is 3.23. The lowest BCUT2D eigenvalue weighted by Gasteiger charge is -2.40. The Bertz CT molecular complexity index is 1000. The number of nitrogens with one attached hydrogen (secondary N) is 1. The molecule has 10 heteroatoms. The number of esters is 1. The van der Waals surface area contributed by atoms with Crippen LogP contribution in [0.4, 0.5) is 18.0 Å². The fraction of sp³-hybridized carbons (Fsp3) is 0.654. The van der Waals surface area contributed by atoms with E-state index in [4.69, 9.17) is 9.47 Å². The number of nitrogens with zero attached hydrogens (tertiary/aromatic N) is 1. The fourth-order valence-corrected chi connectivity index (χ4v) is 5.16. The zero-order valence-electron chi connectivity index (χ0n) is 21.5. The summed E-state index contributed by atoms with van der Waals surface area (Å²) in [5.41, 5.74) is -1.37. The van der Waals surface area contributed by atoms with Crippen molar-refractivity contribution in [2.75, 3.05) is 13.2 Å².